The number of nitrogens with zero attached hydrogens (tertiary/aromatic N) is 1. The molecule has 1 saturated heterocycles. The van der Waals surface area contributed by atoms with E-state index in [4.69, 9.17) is 4.74 Å². The minimum Gasteiger partial charge on any atom is -0.381 e. The van der Waals surface area contributed by atoms with Gasteiger partial charge in [-0.1, -0.05) is 54.6 Å². The number of ether oxygens (including phenoxy) is 1. The van der Waals surface area contributed by atoms with Gasteiger partial charge in [0, 0.05) is 38.3 Å². The van der Waals surface area contributed by atoms with Crippen LogP contribution in [0.1, 0.15) is 29.5 Å². The molecule has 4 rings (SSSR count). The lowest BCUT2D eigenvalue weighted by Gasteiger charge is -2.38. The Kier molecular flexibility index (Phi) is 5.55. The molecule has 2 aliphatic heterocycles. The Morgan fingerprint density at radius 3 is 2.48 bits per heavy atom. The molecule has 0 atom stereocenters. The first-order valence-electron chi connectivity index (χ1n) is 9.94. The van der Waals surface area contributed by atoms with Crippen LogP contribution in [0.2, 0.25) is 0 Å². The Labute approximate surface area is 161 Å². The SMILES string of the molecule is O=C(CN1CCc2ccccc2C1)NCC1(c2ccccc2)CCOCC1. The zero-order valence-corrected chi connectivity index (χ0v) is 15.8. The van der Waals surface area contributed by atoms with Crippen molar-refractivity contribution in [3.8, 4) is 0 Å². The predicted molar refractivity (Wildman–Crippen MR) is 107 cm³/mol. The maximum absolute atomic E-state index is 12.7. The molecule has 0 aliphatic carbocycles. The summed E-state index contributed by atoms with van der Waals surface area (Å²) in [5, 5.41) is 3.23. The molecule has 4 nitrogen and oxygen atoms in total. The normalized spacial score (nSPS) is 19.3. The fraction of sp³-hybridized carbons (Fsp3) is 0.435. The van der Waals surface area contributed by atoms with E-state index in [2.05, 4.69) is 58.7 Å². The van der Waals surface area contributed by atoms with Crippen LogP contribution in [-0.4, -0.2) is 43.7 Å². The van der Waals surface area contributed by atoms with Crippen LogP contribution in [0.15, 0.2) is 54.6 Å². The van der Waals surface area contributed by atoms with Crippen molar-refractivity contribution < 1.29 is 9.53 Å². The average molecular weight is 364 g/mol. The maximum atomic E-state index is 12.7. The minimum atomic E-state index is -0.0103. The summed E-state index contributed by atoms with van der Waals surface area (Å²) in [7, 11) is 0. The van der Waals surface area contributed by atoms with Gasteiger partial charge in [-0.3, -0.25) is 9.69 Å². The molecule has 0 radical (unpaired) electrons. The number of rotatable bonds is 5. The highest BCUT2D eigenvalue weighted by atomic mass is 16.5. The van der Waals surface area contributed by atoms with Crippen LogP contribution in [0, 0.1) is 0 Å². The van der Waals surface area contributed by atoms with Crippen molar-refractivity contribution in [1.29, 1.82) is 0 Å². The first-order chi connectivity index (χ1) is 13.3. The molecule has 4 heteroatoms. The third-order valence-corrected chi connectivity index (χ3v) is 6.04. The van der Waals surface area contributed by atoms with Crippen LogP contribution < -0.4 is 5.32 Å². The van der Waals surface area contributed by atoms with Crippen molar-refractivity contribution in [2.45, 2.75) is 31.2 Å². The Morgan fingerprint density at radius 1 is 1.00 bits per heavy atom. The second-order valence-corrected chi connectivity index (χ2v) is 7.76. The van der Waals surface area contributed by atoms with Gasteiger partial charge in [0.1, 0.15) is 0 Å². The van der Waals surface area contributed by atoms with Crippen LogP contribution in [0.4, 0.5) is 0 Å². The first kappa shape index (κ1) is 18.2. The number of carbonyl (C=O) groups excluding carboxylic acids is 1. The predicted octanol–water partition coefficient (Wildman–Crippen LogP) is 2.91. The van der Waals surface area contributed by atoms with Crippen LogP contribution in [0.5, 0.6) is 0 Å². The molecule has 2 aromatic carbocycles. The van der Waals surface area contributed by atoms with Crippen molar-refractivity contribution in [2.75, 3.05) is 32.8 Å². The Bertz CT molecular complexity index is 769. The molecular formula is C23H28N2O2. The van der Waals surface area contributed by atoms with E-state index in [9.17, 15) is 4.79 Å². The van der Waals surface area contributed by atoms with Gasteiger partial charge in [-0.15, -0.1) is 0 Å². The molecule has 0 bridgehead atoms. The highest BCUT2D eigenvalue weighted by Gasteiger charge is 2.34. The lowest BCUT2D eigenvalue weighted by Crippen LogP contribution is -2.47. The van der Waals surface area contributed by atoms with E-state index in [0.29, 0.717) is 13.1 Å². The van der Waals surface area contributed by atoms with Gasteiger partial charge in [0.15, 0.2) is 0 Å². The fourth-order valence-electron chi connectivity index (χ4n) is 4.34. The Hall–Kier alpha value is -2.17. The summed E-state index contributed by atoms with van der Waals surface area (Å²) in [4.78, 5) is 14.9. The van der Waals surface area contributed by atoms with Crippen molar-refractivity contribution in [3.63, 3.8) is 0 Å². The molecular weight excluding hydrogens is 336 g/mol. The van der Waals surface area contributed by atoms with E-state index < -0.39 is 0 Å². The van der Waals surface area contributed by atoms with Gasteiger partial charge in [0.25, 0.3) is 0 Å². The zero-order valence-electron chi connectivity index (χ0n) is 15.8. The molecule has 0 aromatic heterocycles. The van der Waals surface area contributed by atoms with Crippen LogP contribution in [0.25, 0.3) is 0 Å². The topological polar surface area (TPSA) is 41.6 Å². The minimum absolute atomic E-state index is 0.0103. The lowest BCUT2D eigenvalue weighted by atomic mass is 9.74. The molecule has 0 saturated carbocycles. The summed E-state index contributed by atoms with van der Waals surface area (Å²) in [6.45, 7) is 4.48. The number of hydrogen-bond acceptors (Lipinski definition) is 3. The van der Waals surface area contributed by atoms with Crippen LogP contribution in [0.3, 0.4) is 0 Å². The van der Waals surface area contributed by atoms with E-state index in [0.717, 1.165) is 45.6 Å². The van der Waals surface area contributed by atoms with Gasteiger partial charge in [-0.25, -0.2) is 0 Å². The number of carbonyl (C=O) groups is 1. The summed E-state index contributed by atoms with van der Waals surface area (Å²) >= 11 is 0. The Morgan fingerprint density at radius 2 is 1.70 bits per heavy atom. The van der Waals surface area contributed by atoms with Crippen LogP contribution >= 0.6 is 0 Å². The van der Waals surface area contributed by atoms with Crippen molar-refractivity contribution in [2.24, 2.45) is 0 Å². The summed E-state index contributed by atoms with van der Waals surface area (Å²) in [6.07, 6.45) is 2.93. The molecule has 1 N–H and O–H groups in total. The molecule has 2 heterocycles. The number of fused-ring (bicyclic) bond motifs is 1. The third-order valence-electron chi connectivity index (χ3n) is 6.04. The summed E-state index contributed by atoms with van der Waals surface area (Å²) in [6, 6.07) is 19.1. The largest absolute Gasteiger partial charge is 0.381 e. The van der Waals surface area contributed by atoms with E-state index in [1.807, 2.05) is 6.07 Å². The van der Waals surface area contributed by atoms with E-state index in [-0.39, 0.29) is 11.3 Å². The van der Waals surface area contributed by atoms with E-state index in [1.54, 1.807) is 0 Å². The highest BCUT2D eigenvalue weighted by Crippen LogP contribution is 2.34. The summed E-state index contributed by atoms with van der Waals surface area (Å²) < 4.78 is 5.59. The molecule has 0 spiro atoms. The first-order valence-corrected chi connectivity index (χ1v) is 9.94. The second kappa shape index (κ2) is 8.24. The smallest absolute Gasteiger partial charge is 0.234 e. The summed E-state index contributed by atoms with van der Waals surface area (Å²) in [5.74, 6) is 0.121. The van der Waals surface area contributed by atoms with Gasteiger partial charge >= 0.3 is 0 Å². The van der Waals surface area contributed by atoms with Gasteiger partial charge < -0.3 is 10.1 Å². The number of amides is 1. The third kappa shape index (κ3) is 4.23. The second-order valence-electron chi connectivity index (χ2n) is 7.76. The highest BCUT2D eigenvalue weighted by molar-refractivity contribution is 5.78. The molecule has 0 unspecified atom stereocenters. The van der Waals surface area contributed by atoms with Gasteiger partial charge in [0.05, 0.1) is 6.54 Å². The quantitative estimate of drug-likeness (QED) is 0.887. The molecule has 142 valence electrons. The van der Waals surface area contributed by atoms with Crippen molar-refractivity contribution >= 4 is 5.91 Å². The molecule has 1 fully saturated rings. The monoisotopic (exact) mass is 364 g/mol. The average Bonchev–Trinajstić information content (AvgIpc) is 2.73. The van der Waals surface area contributed by atoms with Gasteiger partial charge in [-0.2, -0.15) is 0 Å². The van der Waals surface area contributed by atoms with Gasteiger partial charge in [-0.05, 0) is 36.0 Å². The number of hydrogen-bond donors (Lipinski definition) is 1. The van der Waals surface area contributed by atoms with E-state index >= 15 is 0 Å². The lowest BCUT2D eigenvalue weighted by molar-refractivity contribution is -0.123. The van der Waals surface area contributed by atoms with Crippen molar-refractivity contribution in [3.05, 3.63) is 71.3 Å². The van der Waals surface area contributed by atoms with Crippen LogP contribution in [-0.2, 0) is 27.9 Å². The fourth-order valence-corrected chi connectivity index (χ4v) is 4.34. The van der Waals surface area contributed by atoms with E-state index in [1.165, 1.54) is 16.7 Å². The molecule has 2 aromatic rings. The summed E-state index contributed by atoms with van der Waals surface area (Å²) in [5.41, 5.74) is 4.06. The number of nitrogens with one attached hydrogen (secondary N) is 1. The zero-order chi connectivity index (χ0) is 18.5. The molecule has 27 heavy (non-hydrogen) atoms. The standard InChI is InChI=1S/C23H28N2O2/c26-22(17-25-13-10-19-6-4-5-7-20(19)16-25)24-18-23(11-14-27-15-12-23)21-8-2-1-3-9-21/h1-9H,10-18H2,(H,24,26). The maximum Gasteiger partial charge on any atom is 0.234 e. The molecule has 1 amide bonds. The van der Waals surface area contributed by atoms with Gasteiger partial charge in [0.2, 0.25) is 5.91 Å². The molecule has 2 aliphatic rings. The number of benzene rings is 2. The van der Waals surface area contributed by atoms with Crippen molar-refractivity contribution in [1.82, 2.24) is 10.2 Å². The Balaban J connectivity index is 1.36.